The van der Waals surface area contributed by atoms with Crippen LogP contribution in [-0.4, -0.2) is 15.0 Å². The molecule has 0 radical (unpaired) electrons. The summed E-state index contributed by atoms with van der Waals surface area (Å²) in [6.45, 7) is 0.503. The van der Waals surface area contributed by atoms with Crippen molar-refractivity contribution in [2.45, 2.75) is 37.0 Å². The highest BCUT2D eigenvalue weighted by molar-refractivity contribution is 7.89. The molecular weight excluding hydrogens is 294 g/mol. The van der Waals surface area contributed by atoms with Gasteiger partial charge in [-0.3, -0.25) is 0 Å². The molecule has 2 aromatic rings. The number of benzene rings is 2. The molecule has 0 spiro atoms. The molecule has 0 saturated carbocycles. The smallest absolute Gasteiger partial charge is 0.211 e. The van der Waals surface area contributed by atoms with Gasteiger partial charge in [0.25, 0.3) is 0 Å². The Labute approximate surface area is 133 Å². The van der Waals surface area contributed by atoms with Crippen molar-refractivity contribution in [2.24, 2.45) is 0 Å². The largest absolute Gasteiger partial charge is 0.240 e. The monoisotopic (exact) mass is 317 g/mol. The lowest BCUT2D eigenvalue weighted by molar-refractivity contribution is 0.572. The summed E-state index contributed by atoms with van der Waals surface area (Å²) in [5.74, 6) is 0. The van der Waals surface area contributed by atoms with Gasteiger partial charge in [-0.05, 0) is 37.0 Å². The predicted molar refractivity (Wildman–Crippen MR) is 90.2 cm³/mol. The normalized spacial score (nSPS) is 11.5. The average Bonchev–Trinajstić information content (AvgIpc) is 2.56. The molecule has 0 atom stereocenters. The maximum absolute atomic E-state index is 12.0. The van der Waals surface area contributed by atoms with Crippen LogP contribution in [0, 0.1) is 0 Å². The van der Waals surface area contributed by atoms with E-state index in [1.807, 2.05) is 12.1 Å². The molecule has 1 N–H and O–H groups in total. The second-order valence-corrected chi connectivity index (χ2v) is 7.13. The fourth-order valence-electron chi connectivity index (χ4n) is 2.34. The number of hydrogen-bond donors (Lipinski definition) is 1. The molecule has 0 aliphatic rings. The minimum absolute atomic E-state index is 0.332. The van der Waals surface area contributed by atoms with Crippen LogP contribution in [-0.2, 0) is 16.4 Å². The lowest BCUT2D eigenvalue weighted by Gasteiger charge is -2.06. The standard InChI is InChI=1S/C18H23NO2S/c20-22(21,18-14-8-4-9-15-18)19-16-10-2-1-5-11-17-12-6-3-7-13-17/h3-4,6-9,12-15,19H,1-2,5,10-11,16H2. The topological polar surface area (TPSA) is 46.2 Å². The Morgan fingerprint density at radius 1 is 0.727 bits per heavy atom. The van der Waals surface area contributed by atoms with E-state index in [0.717, 1.165) is 32.1 Å². The van der Waals surface area contributed by atoms with Crippen molar-refractivity contribution in [3.63, 3.8) is 0 Å². The first kappa shape index (κ1) is 16.7. The van der Waals surface area contributed by atoms with E-state index in [1.54, 1.807) is 24.3 Å². The fourth-order valence-corrected chi connectivity index (χ4v) is 3.44. The Morgan fingerprint density at radius 2 is 1.32 bits per heavy atom. The highest BCUT2D eigenvalue weighted by atomic mass is 32.2. The molecule has 4 heteroatoms. The van der Waals surface area contributed by atoms with Crippen LogP contribution < -0.4 is 4.72 Å². The van der Waals surface area contributed by atoms with Gasteiger partial charge in [-0.25, -0.2) is 13.1 Å². The molecule has 2 rings (SSSR count). The molecule has 3 nitrogen and oxygen atoms in total. The summed E-state index contributed by atoms with van der Waals surface area (Å²) in [7, 11) is -3.35. The van der Waals surface area contributed by atoms with Gasteiger partial charge in [0.05, 0.1) is 4.90 Å². The number of nitrogens with one attached hydrogen (secondary N) is 1. The van der Waals surface area contributed by atoms with Crippen molar-refractivity contribution in [1.82, 2.24) is 4.72 Å². The van der Waals surface area contributed by atoms with Crippen LogP contribution in [0.1, 0.15) is 31.2 Å². The van der Waals surface area contributed by atoms with Crippen LogP contribution in [0.5, 0.6) is 0 Å². The van der Waals surface area contributed by atoms with E-state index in [-0.39, 0.29) is 0 Å². The first-order valence-electron chi connectivity index (χ1n) is 7.77. The molecule has 118 valence electrons. The lowest BCUT2D eigenvalue weighted by Crippen LogP contribution is -2.24. The van der Waals surface area contributed by atoms with E-state index in [4.69, 9.17) is 0 Å². The third-order valence-corrected chi connectivity index (χ3v) is 5.06. The minimum Gasteiger partial charge on any atom is -0.211 e. The van der Waals surface area contributed by atoms with Crippen LogP contribution in [0.4, 0.5) is 0 Å². The lowest BCUT2D eigenvalue weighted by atomic mass is 10.1. The Kier molecular flexibility index (Phi) is 6.62. The third-order valence-electron chi connectivity index (χ3n) is 3.58. The number of hydrogen-bond acceptors (Lipinski definition) is 2. The highest BCUT2D eigenvalue weighted by Crippen LogP contribution is 2.09. The van der Waals surface area contributed by atoms with E-state index < -0.39 is 10.0 Å². The molecule has 0 bridgehead atoms. The predicted octanol–water partition coefficient (Wildman–Crippen LogP) is 3.77. The highest BCUT2D eigenvalue weighted by Gasteiger charge is 2.11. The number of aryl methyl sites for hydroxylation is 1. The van der Waals surface area contributed by atoms with Crippen LogP contribution in [0.3, 0.4) is 0 Å². The molecule has 0 aromatic heterocycles. The zero-order valence-electron chi connectivity index (χ0n) is 12.7. The zero-order chi connectivity index (χ0) is 15.7. The van der Waals surface area contributed by atoms with Crippen LogP contribution in [0.25, 0.3) is 0 Å². The quantitative estimate of drug-likeness (QED) is 0.716. The van der Waals surface area contributed by atoms with E-state index in [9.17, 15) is 8.42 Å². The Morgan fingerprint density at radius 3 is 2.00 bits per heavy atom. The molecule has 0 heterocycles. The molecular formula is C18H23NO2S. The van der Waals surface area contributed by atoms with Crippen molar-refractivity contribution in [1.29, 1.82) is 0 Å². The van der Waals surface area contributed by atoms with Gasteiger partial charge in [0.15, 0.2) is 0 Å². The van der Waals surface area contributed by atoms with Crippen LogP contribution >= 0.6 is 0 Å². The first-order valence-corrected chi connectivity index (χ1v) is 9.25. The molecule has 0 amide bonds. The van der Waals surface area contributed by atoms with Crippen molar-refractivity contribution in [2.75, 3.05) is 6.54 Å². The van der Waals surface area contributed by atoms with Gasteiger partial charge in [0, 0.05) is 6.54 Å². The maximum Gasteiger partial charge on any atom is 0.240 e. The SMILES string of the molecule is O=S(=O)(NCCCCCCc1ccccc1)c1ccccc1. The van der Waals surface area contributed by atoms with Gasteiger partial charge < -0.3 is 0 Å². The van der Waals surface area contributed by atoms with Crippen LogP contribution in [0.15, 0.2) is 65.6 Å². The third kappa shape index (κ3) is 5.62. The van der Waals surface area contributed by atoms with Crippen molar-refractivity contribution >= 4 is 10.0 Å². The number of rotatable bonds is 9. The van der Waals surface area contributed by atoms with Crippen molar-refractivity contribution < 1.29 is 8.42 Å². The molecule has 2 aromatic carbocycles. The molecule has 0 unspecified atom stereocenters. The van der Waals surface area contributed by atoms with Gasteiger partial charge >= 0.3 is 0 Å². The van der Waals surface area contributed by atoms with Gasteiger partial charge in [-0.15, -0.1) is 0 Å². The average molecular weight is 317 g/mol. The Hall–Kier alpha value is -1.65. The van der Waals surface area contributed by atoms with E-state index in [1.165, 1.54) is 5.56 Å². The Bertz CT molecular complexity index is 639. The second kappa shape index (κ2) is 8.71. The summed E-state index contributed by atoms with van der Waals surface area (Å²) in [6.07, 6.45) is 5.29. The zero-order valence-corrected chi connectivity index (χ0v) is 13.6. The molecule has 0 saturated heterocycles. The van der Waals surface area contributed by atoms with Crippen molar-refractivity contribution in [3.05, 3.63) is 66.2 Å². The van der Waals surface area contributed by atoms with E-state index in [0.29, 0.717) is 11.4 Å². The summed E-state index contributed by atoms with van der Waals surface area (Å²) in [4.78, 5) is 0.332. The molecule has 0 aliphatic heterocycles. The number of sulfonamides is 1. The van der Waals surface area contributed by atoms with Crippen molar-refractivity contribution in [3.8, 4) is 0 Å². The molecule has 0 fully saturated rings. The van der Waals surface area contributed by atoms with Gasteiger partial charge in [-0.1, -0.05) is 61.4 Å². The maximum atomic E-state index is 12.0. The summed E-state index contributed by atoms with van der Waals surface area (Å²) >= 11 is 0. The van der Waals surface area contributed by atoms with E-state index in [2.05, 4.69) is 29.0 Å². The van der Waals surface area contributed by atoms with Crippen LogP contribution in [0.2, 0.25) is 0 Å². The summed E-state index contributed by atoms with van der Waals surface area (Å²) < 4.78 is 26.6. The van der Waals surface area contributed by atoms with E-state index >= 15 is 0 Å². The summed E-state index contributed by atoms with van der Waals surface area (Å²) in [6, 6.07) is 19.0. The molecule has 0 aliphatic carbocycles. The minimum atomic E-state index is -3.35. The number of unbranched alkanes of at least 4 members (excludes halogenated alkanes) is 3. The molecule has 22 heavy (non-hydrogen) atoms. The second-order valence-electron chi connectivity index (χ2n) is 5.36. The first-order chi connectivity index (χ1) is 10.7. The summed E-state index contributed by atoms with van der Waals surface area (Å²) in [5.41, 5.74) is 1.37. The fraction of sp³-hybridized carbons (Fsp3) is 0.333. The summed E-state index contributed by atoms with van der Waals surface area (Å²) in [5, 5.41) is 0. The van der Waals surface area contributed by atoms with Gasteiger partial charge in [0.2, 0.25) is 10.0 Å². The van der Waals surface area contributed by atoms with Gasteiger partial charge in [-0.2, -0.15) is 0 Å². The Balaban J connectivity index is 1.60. The van der Waals surface area contributed by atoms with Gasteiger partial charge in [0.1, 0.15) is 0 Å².